The summed E-state index contributed by atoms with van der Waals surface area (Å²) in [5.41, 5.74) is 3.05. The van der Waals surface area contributed by atoms with Gasteiger partial charge in [-0.1, -0.05) is 6.92 Å². The van der Waals surface area contributed by atoms with E-state index in [0.29, 0.717) is 12.0 Å². The summed E-state index contributed by atoms with van der Waals surface area (Å²) in [4.78, 5) is 0. The van der Waals surface area contributed by atoms with Gasteiger partial charge >= 0.3 is 0 Å². The van der Waals surface area contributed by atoms with Crippen LogP contribution in [0.1, 0.15) is 45.4 Å². The quantitative estimate of drug-likeness (QED) is 0.423. The Bertz CT molecular complexity index is 264. The van der Waals surface area contributed by atoms with Gasteiger partial charge in [-0.05, 0) is 44.4 Å². The molecule has 2 atom stereocenters. The molecule has 118 valence electrons. The average molecular weight is 286 g/mol. The number of nitrogens with one attached hydrogen (secondary N) is 1. The Morgan fingerprint density at radius 2 is 2.10 bits per heavy atom. The van der Waals surface area contributed by atoms with Crippen LogP contribution in [0.25, 0.3) is 0 Å². The number of nitrogens with two attached hydrogens (primary N) is 1. The third-order valence-electron chi connectivity index (χ3n) is 4.64. The minimum Gasteiger partial charge on any atom is -0.381 e. The molecule has 20 heavy (non-hydrogen) atoms. The van der Waals surface area contributed by atoms with Crippen LogP contribution in [0.4, 0.5) is 0 Å². The lowest BCUT2D eigenvalue weighted by atomic mass is 9.77. The fourth-order valence-corrected chi connectivity index (χ4v) is 3.41. The summed E-state index contributed by atoms with van der Waals surface area (Å²) in [5, 5.41) is 0. The van der Waals surface area contributed by atoms with Crippen molar-refractivity contribution in [2.24, 2.45) is 11.8 Å². The molecule has 2 rings (SSSR count). The lowest BCUT2D eigenvalue weighted by molar-refractivity contribution is -0.150. The van der Waals surface area contributed by atoms with Crippen molar-refractivity contribution in [1.29, 1.82) is 0 Å². The fraction of sp³-hybridized carbons (Fsp3) is 1.00. The third kappa shape index (κ3) is 4.40. The Morgan fingerprint density at radius 1 is 1.30 bits per heavy atom. The Balaban J connectivity index is 1.82. The van der Waals surface area contributed by atoms with Gasteiger partial charge in [0.2, 0.25) is 0 Å². The number of rotatable bonds is 7. The predicted molar refractivity (Wildman–Crippen MR) is 78.3 cm³/mol. The molecule has 0 aromatic rings. The van der Waals surface area contributed by atoms with Gasteiger partial charge in [-0.3, -0.25) is 11.3 Å². The standard InChI is InChI=1S/C15H30N2O3/c1-2-7-18-8-4-14(17-16)13-3-9-20-15(12-13)5-10-19-11-6-15/h13-14,17H,2-12,16H2,1H3. The van der Waals surface area contributed by atoms with Gasteiger partial charge in [0.25, 0.3) is 0 Å². The van der Waals surface area contributed by atoms with Crippen molar-refractivity contribution in [3.8, 4) is 0 Å². The maximum atomic E-state index is 6.09. The first-order chi connectivity index (χ1) is 9.79. The fourth-order valence-electron chi connectivity index (χ4n) is 3.41. The normalized spacial score (nSPS) is 27.6. The Hall–Kier alpha value is -0.200. The maximum Gasteiger partial charge on any atom is 0.0729 e. The number of hydrazine groups is 1. The van der Waals surface area contributed by atoms with Crippen LogP contribution >= 0.6 is 0 Å². The molecule has 3 N–H and O–H groups in total. The summed E-state index contributed by atoms with van der Waals surface area (Å²) >= 11 is 0. The highest BCUT2D eigenvalue weighted by atomic mass is 16.5. The van der Waals surface area contributed by atoms with Gasteiger partial charge in [0, 0.05) is 39.1 Å². The minimum absolute atomic E-state index is 0.0422. The van der Waals surface area contributed by atoms with Gasteiger partial charge in [0.05, 0.1) is 5.60 Å². The van der Waals surface area contributed by atoms with Crippen molar-refractivity contribution in [1.82, 2.24) is 5.43 Å². The van der Waals surface area contributed by atoms with Crippen LogP contribution in [-0.2, 0) is 14.2 Å². The molecule has 2 fully saturated rings. The van der Waals surface area contributed by atoms with Gasteiger partial charge < -0.3 is 14.2 Å². The van der Waals surface area contributed by atoms with E-state index in [1.165, 1.54) is 0 Å². The van der Waals surface area contributed by atoms with Crippen LogP contribution in [0.5, 0.6) is 0 Å². The zero-order valence-electron chi connectivity index (χ0n) is 12.7. The molecule has 2 aliphatic heterocycles. The first-order valence-corrected chi connectivity index (χ1v) is 8.05. The van der Waals surface area contributed by atoms with E-state index in [1.54, 1.807) is 0 Å². The molecule has 1 spiro atoms. The maximum absolute atomic E-state index is 6.09. The Kier molecular flexibility index (Phi) is 6.71. The van der Waals surface area contributed by atoms with E-state index in [4.69, 9.17) is 20.1 Å². The van der Waals surface area contributed by atoms with Gasteiger partial charge in [-0.2, -0.15) is 0 Å². The zero-order chi connectivity index (χ0) is 14.3. The predicted octanol–water partition coefficient (Wildman–Crippen LogP) is 1.61. The van der Waals surface area contributed by atoms with Gasteiger partial charge in [-0.25, -0.2) is 0 Å². The van der Waals surface area contributed by atoms with Crippen LogP contribution in [-0.4, -0.2) is 44.7 Å². The van der Waals surface area contributed by atoms with E-state index < -0.39 is 0 Å². The number of hydrogen-bond acceptors (Lipinski definition) is 5. The molecular formula is C15H30N2O3. The Labute approximate surface area is 122 Å². The largest absolute Gasteiger partial charge is 0.381 e. The minimum atomic E-state index is 0.0422. The van der Waals surface area contributed by atoms with Crippen molar-refractivity contribution >= 4 is 0 Å². The molecule has 5 nitrogen and oxygen atoms in total. The second-order valence-corrected chi connectivity index (χ2v) is 6.07. The summed E-state index contributed by atoms with van der Waals surface area (Å²) in [6.45, 7) is 6.26. The highest BCUT2D eigenvalue weighted by Gasteiger charge is 2.40. The molecule has 0 aliphatic carbocycles. The third-order valence-corrected chi connectivity index (χ3v) is 4.64. The topological polar surface area (TPSA) is 65.7 Å². The van der Waals surface area contributed by atoms with E-state index in [1.807, 2.05) is 0 Å². The number of ether oxygens (including phenoxy) is 3. The van der Waals surface area contributed by atoms with Crippen molar-refractivity contribution in [3.05, 3.63) is 0 Å². The molecule has 2 unspecified atom stereocenters. The van der Waals surface area contributed by atoms with E-state index in [9.17, 15) is 0 Å². The molecule has 2 heterocycles. The smallest absolute Gasteiger partial charge is 0.0729 e. The highest BCUT2D eigenvalue weighted by Crippen LogP contribution is 2.38. The second kappa shape index (κ2) is 8.29. The highest BCUT2D eigenvalue weighted by molar-refractivity contribution is 4.92. The summed E-state index contributed by atoms with van der Waals surface area (Å²) < 4.78 is 17.2. The van der Waals surface area contributed by atoms with Crippen LogP contribution in [0.15, 0.2) is 0 Å². The average Bonchev–Trinajstić information content (AvgIpc) is 2.48. The van der Waals surface area contributed by atoms with E-state index in [2.05, 4.69) is 12.3 Å². The number of hydrogen-bond donors (Lipinski definition) is 2. The van der Waals surface area contributed by atoms with Gasteiger partial charge in [0.15, 0.2) is 0 Å². The summed E-state index contributed by atoms with van der Waals surface area (Å²) in [6, 6.07) is 0.329. The molecule has 0 saturated carbocycles. The Morgan fingerprint density at radius 3 is 2.80 bits per heavy atom. The lowest BCUT2D eigenvalue weighted by Crippen LogP contribution is -2.51. The molecule has 0 aromatic carbocycles. The first kappa shape index (κ1) is 16.2. The molecule has 2 aliphatic rings. The van der Waals surface area contributed by atoms with Crippen LogP contribution in [0.3, 0.4) is 0 Å². The summed E-state index contributed by atoms with van der Waals surface area (Å²) in [5.74, 6) is 6.35. The van der Waals surface area contributed by atoms with E-state index in [-0.39, 0.29) is 5.60 Å². The van der Waals surface area contributed by atoms with Crippen molar-refractivity contribution < 1.29 is 14.2 Å². The van der Waals surface area contributed by atoms with Gasteiger partial charge in [-0.15, -0.1) is 0 Å². The summed E-state index contributed by atoms with van der Waals surface area (Å²) in [6.07, 6.45) is 6.28. The molecule has 2 saturated heterocycles. The first-order valence-electron chi connectivity index (χ1n) is 8.05. The lowest BCUT2D eigenvalue weighted by Gasteiger charge is -2.45. The van der Waals surface area contributed by atoms with Crippen LogP contribution in [0.2, 0.25) is 0 Å². The monoisotopic (exact) mass is 286 g/mol. The molecule has 0 amide bonds. The molecule has 0 aromatic heterocycles. The van der Waals surface area contributed by atoms with Gasteiger partial charge in [0.1, 0.15) is 0 Å². The van der Waals surface area contributed by atoms with E-state index in [0.717, 1.165) is 71.6 Å². The molecule has 5 heteroatoms. The van der Waals surface area contributed by atoms with Crippen molar-refractivity contribution in [3.63, 3.8) is 0 Å². The zero-order valence-corrected chi connectivity index (χ0v) is 12.7. The van der Waals surface area contributed by atoms with Crippen LogP contribution in [0, 0.1) is 5.92 Å². The van der Waals surface area contributed by atoms with E-state index >= 15 is 0 Å². The molecular weight excluding hydrogens is 256 g/mol. The molecule has 0 radical (unpaired) electrons. The second-order valence-electron chi connectivity index (χ2n) is 6.07. The molecule has 0 bridgehead atoms. The van der Waals surface area contributed by atoms with Crippen molar-refractivity contribution in [2.45, 2.75) is 57.1 Å². The van der Waals surface area contributed by atoms with Crippen molar-refractivity contribution in [2.75, 3.05) is 33.0 Å². The SMILES string of the molecule is CCCOCCC(NN)C1CCOC2(CCOCC2)C1. The van der Waals surface area contributed by atoms with Crippen LogP contribution < -0.4 is 11.3 Å². The summed E-state index contributed by atoms with van der Waals surface area (Å²) in [7, 11) is 0.